The van der Waals surface area contributed by atoms with Gasteiger partial charge in [-0.3, -0.25) is 4.79 Å². The van der Waals surface area contributed by atoms with E-state index in [0.717, 1.165) is 11.8 Å². The largest absolute Gasteiger partial charge is 0.483 e. The van der Waals surface area contributed by atoms with Gasteiger partial charge in [-0.15, -0.1) is 0 Å². The molecule has 1 saturated carbocycles. The SMILES string of the molecule is CN1CC2C(C1)C2(C)C.O=CO. The second-order valence-corrected chi connectivity index (χ2v) is 4.36. The Morgan fingerprint density at radius 3 is 2.00 bits per heavy atom. The van der Waals surface area contributed by atoms with Gasteiger partial charge in [0, 0.05) is 13.1 Å². The van der Waals surface area contributed by atoms with Crippen molar-refractivity contribution in [3.8, 4) is 0 Å². The van der Waals surface area contributed by atoms with Crippen LogP contribution in [0.5, 0.6) is 0 Å². The monoisotopic (exact) mass is 171 g/mol. The summed E-state index contributed by atoms with van der Waals surface area (Å²) in [6, 6.07) is 0. The summed E-state index contributed by atoms with van der Waals surface area (Å²) >= 11 is 0. The van der Waals surface area contributed by atoms with Gasteiger partial charge in [-0.25, -0.2) is 0 Å². The molecular formula is C9H17NO2. The number of carboxylic acid groups (broad SMARTS) is 1. The number of carbonyl (C=O) groups is 1. The quantitative estimate of drug-likeness (QED) is 0.551. The molecule has 1 aliphatic carbocycles. The molecule has 2 rings (SSSR count). The van der Waals surface area contributed by atoms with Gasteiger partial charge in [-0.1, -0.05) is 13.8 Å². The first-order valence-corrected chi connectivity index (χ1v) is 4.30. The van der Waals surface area contributed by atoms with Gasteiger partial charge in [0.15, 0.2) is 0 Å². The first kappa shape index (κ1) is 9.52. The van der Waals surface area contributed by atoms with Gasteiger partial charge < -0.3 is 10.0 Å². The fraction of sp³-hybridized carbons (Fsp3) is 0.889. The third kappa shape index (κ3) is 1.46. The van der Waals surface area contributed by atoms with E-state index in [1.807, 2.05) is 0 Å². The van der Waals surface area contributed by atoms with Crippen LogP contribution in [0.3, 0.4) is 0 Å². The van der Waals surface area contributed by atoms with Crippen molar-refractivity contribution in [1.29, 1.82) is 0 Å². The molecule has 0 spiro atoms. The molecule has 2 atom stereocenters. The minimum atomic E-state index is -0.250. The summed E-state index contributed by atoms with van der Waals surface area (Å²) in [6.45, 7) is 7.24. The lowest BCUT2D eigenvalue weighted by Crippen LogP contribution is -2.21. The van der Waals surface area contributed by atoms with Crippen LogP contribution in [0.4, 0.5) is 0 Å². The average molecular weight is 171 g/mol. The Kier molecular flexibility index (Phi) is 2.42. The Morgan fingerprint density at radius 2 is 1.75 bits per heavy atom. The van der Waals surface area contributed by atoms with Crippen LogP contribution in [0, 0.1) is 17.3 Å². The van der Waals surface area contributed by atoms with E-state index in [9.17, 15) is 0 Å². The van der Waals surface area contributed by atoms with Crippen LogP contribution in [0.2, 0.25) is 0 Å². The lowest BCUT2D eigenvalue weighted by molar-refractivity contribution is -0.122. The van der Waals surface area contributed by atoms with Crippen LogP contribution in [-0.2, 0) is 4.79 Å². The zero-order valence-corrected chi connectivity index (χ0v) is 7.95. The summed E-state index contributed by atoms with van der Waals surface area (Å²) in [6.07, 6.45) is 0. The molecular weight excluding hydrogens is 154 g/mol. The molecule has 2 unspecified atom stereocenters. The zero-order valence-electron chi connectivity index (χ0n) is 7.95. The van der Waals surface area contributed by atoms with Crippen LogP contribution in [0.25, 0.3) is 0 Å². The highest BCUT2D eigenvalue weighted by atomic mass is 16.3. The summed E-state index contributed by atoms with van der Waals surface area (Å²) in [5, 5.41) is 6.89. The minimum Gasteiger partial charge on any atom is -0.483 e. The lowest BCUT2D eigenvalue weighted by Gasteiger charge is -2.15. The Morgan fingerprint density at radius 1 is 1.42 bits per heavy atom. The molecule has 3 nitrogen and oxygen atoms in total. The van der Waals surface area contributed by atoms with Crippen molar-refractivity contribution in [2.24, 2.45) is 17.3 Å². The molecule has 1 heterocycles. The van der Waals surface area contributed by atoms with E-state index in [1.165, 1.54) is 13.1 Å². The molecule has 1 N–H and O–H groups in total. The van der Waals surface area contributed by atoms with Gasteiger partial charge in [0.2, 0.25) is 0 Å². The molecule has 1 aliphatic heterocycles. The van der Waals surface area contributed by atoms with E-state index in [-0.39, 0.29) is 6.47 Å². The predicted molar refractivity (Wildman–Crippen MR) is 47.0 cm³/mol. The van der Waals surface area contributed by atoms with E-state index >= 15 is 0 Å². The highest BCUT2D eigenvalue weighted by molar-refractivity contribution is 5.32. The van der Waals surface area contributed by atoms with Crippen LogP contribution in [0.15, 0.2) is 0 Å². The van der Waals surface area contributed by atoms with Crippen molar-refractivity contribution >= 4 is 6.47 Å². The molecule has 2 fully saturated rings. The first-order valence-electron chi connectivity index (χ1n) is 4.30. The van der Waals surface area contributed by atoms with E-state index in [1.54, 1.807) is 0 Å². The van der Waals surface area contributed by atoms with Gasteiger partial charge in [-0.05, 0) is 24.3 Å². The Labute approximate surface area is 73.4 Å². The molecule has 0 amide bonds. The second kappa shape index (κ2) is 3.05. The second-order valence-electron chi connectivity index (χ2n) is 4.36. The summed E-state index contributed by atoms with van der Waals surface area (Å²) in [4.78, 5) is 10.8. The number of rotatable bonds is 0. The van der Waals surface area contributed by atoms with E-state index in [2.05, 4.69) is 25.8 Å². The lowest BCUT2D eigenvalue weighted by atomic mass is 10.1. The Balaban J connectivity index is 0.000000213. The van der Waals surface area contributed by atoms with Crippen molar-refractivity contribution in [2.45, 2.75) is 13.8 Å². The maximum Gasteiger partial charge on any atom is 0.290 e. The Bertz CT molecular complexity index is 165. The summed E-state index contributed by atoms with van der Waals surface area (Å²) in [7, 11) is 2.22. The van der Waals surface area contributed by atoms with Crippen LogP contribution < -0.4 is 0 Å². The zero-order chi connectivity index (χ0) is 9.35. The number of likely N-dealkylation sites (tertiary alicyclic amines) is 1. The highest BCUT2D eigenvalue weighted by Crippen LogP contribution is 2.61. The summed E-state index contributed by atoms with van der Waals surface area (Å²) in [5.74, 6) is 2.06. The number of hydrogen-bond donors (Lipinski definition) is 1. The third-order valence-electron chi connectivity index (χ3n) is 3.30. The van der Waals surface area contributed by atoms with E-state index in [0.29, 0.717) is 5.41 Å². The standard InChI is InChI=1S/C8H15N.CH2O2/c1-8(2)6-4-9(3)5-7(6)8;2-1-3/h6-7H,4-5H2,1-3H3;1H,(H,2,3). The number of piperidine rings is 1. The fourth-order valence-corrected chi connectivity index (χ4v) is 2.33. The number of nitrogens with zero attached hydrogens (tertiary/aromatic N) is 1. The van der Waals surface area contributed by atoms with Gasteiger partial charge >= 0.3 is 0 Å². The molecule has 0 aromatic rings. The summed E-state index contributed by atoms with van der Waals surface area (Å²) < 4.78 is 0. The molecule has 1 saturated heterocycles. The third-order valence-corrected chi connectivity index (χ3v) is 3.30. The Hall–Kier alpha value is -0.570. The molecule has 0 aromatic heterocycles. The molecule has 12 heavy (non-hydrogen) atoms. The molecule has 70 valence electrons. The number of hydrogen-bond acceptors (Lipinski definition) is 2. The van der Waals surface area contributed by atoms with Crippen molar-refractivity contribution in [3.63, 3.8) is 0 Å². The van der Waals surface area contributed by atoms with Crippen molar-refractivity contribution in [3.05, 3.63) is 0 Å². The minimum absolute atomic E-state index is 0.250. The van der Waals surface area contributed by atoms with Crippen molar-refractivity contribution in [2.75, 3.05) is 20.1 Å². The summed E-state index contributed by atoms with van der Waals surface area (Å²) in [5.41, 5.74) is 0.701. The fourth-order valence-electron chi connectivity index (χ4n) is 2.33. The van der Waals surface area contributed by atoms with E-state index < -0.39 is 0 Å². The highest BCUT2D eigenvalue weighted by Gasteiger charge is 2.60. The molecule has 0 bridgehead atoms. The van der Waals surface area contributed by atoms with Crippen LogP contribution in [0.1, 0.15) is 13.8 Å². The molecule has 3 heteroatoms. The van der Waals surface area contributed by atoms with Gasteiger partial charge in [0.25, 0.3) is 6.47 Å². The van der Waals surface area contributed by atoms with Crippen molar-refractivity contribution < 1.29 is 9.90 Å². The molecule has 2 aliphatic rings. The maximum absolute atomic E-state index is 8.36. The maximum atomic E-state index is 8.36. The topological polar surface area (TPSA) is 40.5 Å². The molecule has 0 aromatic carbocycles. The van der Waals surface area contributed by atoms with E-state index in [4.69, 9.17) is 9.90 Å². The van der Waals surface area contributed by atoms with Crippen LogP contribution in [-0.4, -0.2) is 36.6 Å². The number of fused-ring (bicyclic) bond motifs is 1. The van der Waals surface area contributed by atoms with Gasteiger partial charge in [0.05, 0.1) is 0 Å². The average Bonchev–Trinajstić information content (AvgIpc) is 2.40. The molecule has 0 radical (unpaired) electrons. The van der Waals surface area contributed by atoms with Crippen LogP contribution >= 0.6 is 0 Å². The van der Waals surface area contributed by atoms with Gasteiger partial charge in [-0.2, -0.15) is 0 Å². The van der Waals surface area contributed by atoms with Crippen molar-refractivity contribution in [1.82, 2.24) is 4.90 Å². The van der Waals surface area contributed by atoms with Gasteiger partial charge in [0.1, 0.15) is 0 Å². The normalized spacial score (nSPS) is 36.2. The predicted octanol–water partition coefficient (Wildman–Crippen LogP) is 0.905. The smallest absolute Gasteiger partial charge is 0.290 e. The first-order chi connectivity index (χ1) is 5.54.